The Kier molecular flexibility index (Phi) is 5.59. The summed E-state index contributed by atoms with van der Waals surface area (Å²) in [4.78, 5) is 4.36. The third-order valence-corrected chi connectivity index (χ3v) is 3.84. The molecule has 0 saturated carbocycles. The van der Waals surface area contributed by atoms with Crippen molar-refractivity contribution in [3.63, 3.8) is 0 Å². The molecule has 0 saturated heterocycles. The highest BCUT2D eigenvalue weighted by Gasteiger charge is 2.12. The van der Waals surface area contributed by atoms with Gasteiger partial charge in [-0.2, -0.15) is 0 Å². The van der Waals surface area contributed by atoms with Gasteiger partial charge in [0.05, 0.1) is 19.9 Å². The topological polar surface area (TPSA) is 43.4 Å². The van der Waals surface area contributed by atoms with Gasteiger partial charge in [0.2, 0.25) is 0 Å². The fourth-order valence-electron chi connectivity index (χ4n) is 2.10. The lowest BCUT2D eigenvalue weighted by molar-refractivity contribution is 0.347. The zero-order chi connectivity index (χ0) is 15.2. The molecule has 4 nitrogen and oxygen atoms in total. The number of benzene rings is 1. The molecule has 0 aliphatic heterocycles. The molecule has 1 aromatic carbocycles. The molecule has 2 aromatic rings. The van der Waals surface area contributed by atoms with Gasteiger partial charge in [0.1, 0.15) is 0 Å². The predicted molar refractivity (Wildman–Crippen MR) is 86.7 cm³/mol. The minimum Gasteiger partial charge on any atom is -0.493 e. The van der Waals surface area contributed by atoms with Crippen LogP contribution >= 0.6 is 15.9 Å². The fourth-order valence-corrected chi connectivity index (χ4v) is 2.36. The van der Waals surface area contributed by atoms with E-state index in [0.717, 1.165) is 10.2 Å². The monoisotopic (exact) mass is 350 g/mol. The molecule has 0 amide bonds. The molecule has 1 atom stereocenters. The number of ether oxygens (including phenoxy) is 2. The number of methoxy groups -OCH3 is 2. The minimum absolute atomic E-state index is 0.218. The smallest absolute Gasteiger partial charge is 0.183 e. The summed E-state index contributed by atoms with van der Waals surface area (Å²) in [5, 5.41) is 3.45. The summed E-state index contributed by atoms with van der Waals surface area (Å²) in [6.45, 7) is 2.73. The van der Waals surface area contributed by atoms with Crippen molar-refractivity contribution >= 4 is 15.9 Å². The third kappa shape index (κ3) is 3.95. The average Bonchev–Trinajstić information content (AvgIpc) is 2.52. The zero-order valence-corrected chi connectivity index (χ0v) is 14.0. The van der Waals surface area contributed by atoms with Crippen molar-refractivity contribution in [1.29, 1.82) is 0 Å². The second-order valence-corrected chi connectivity index (χ2v) is 5.56. The lowest BCUT2D eigenvalue weighted by Crippen LogP contribution is -2.19. The van der Waals surface area contributed by atoms with E-state index < -0.39 is 0 Å². The van der Waals surface area contributed by atoms with Crippen LogP contribution in [0.2, 0.25) is 0 Å². The summed E-state index contributed by atoms with van der Waals surface area (Å²) in [5.41, 5.74) is 2.06. The van der Waals surface area contributed by atoms with Crippen LogP contribution < -0.4 is 14.8 Å². The number of pyridine rings is 1. The zero-order valence-electron chi connectivity index (χ0n) is 12.4. The summed E-state index contributed by atoms with van der Waals surface area (Å²) in [6, 6.07) is 10.3. The SMILES string of the molecule is COc1ccnc(CN[C@H](C)c2ccc(Br)cc2)c1OC. The van der Waals surface area contributed by atoms with Crippen LogP contribution in [0.15, 0.2) is 41.0 Å². The van der Waals surface area contributed by atoms with Gasteiger partial charge in [-0.05, 0) is 24.6 Å². The van der Waals surface area contributed by atoms with Crippen molar-refractivity contribution in [1.82, 2.24) is 10.3 Å². The first-order valence-corrected chi connectivity index (χ1v) is 7.49. The van der Waals surface area contributed by atoms with Crippen molar-refractivity contribution in [3.8, 4) is 11.5 Å². The Morgan fingerprint density at radius 3 is 2.48 bits per heavy atom. The van der Waals surface area contributed by atoms with Crippen LogP contribution in [0.4, 0.5) is 0 Å². The molecule has 2 rings (SSSR count). The molecule has 0 aliphatic rings. The Labute approximate surface area is 133 Å². The van der Waals surface area contributed by atoms with Gasteiger partial charge >= 0.3 is 0 Å². The van der Waals surface area contributed by atoms with Crippen LogP contribution in [-0.4, -0.2) is 19.2 Å². The fraction of sp³-hybridized carbons (Fsp3) is 0.312. The van der Waals surface area contributed by atoms with Crippen LogP contribution in [0.3, 0.4) is 0 Å². The number of aromatic nitrogens is 1. The van der Waals surface area contributed by atoms with Crippen molar-refractivity contribution in [2.24, 2.45) is 0 Å². The lowest BCUT2D eigenvalue weighted by atomic mass is 10.1. The molecule has 1 aromatic heterocycles. The predicted octanol–water partition coefficient (Wildman–Crippen LogP) is 3.71. The lowest BCUT2D eigenvalue weighted by Gasteiger charge is -2.16. The van der Waals surface area contributed by atoms with Gasteiger partial charge in [-0.1, -0.05) is 28.1 Å². The minimum atomic E-state index is 0.218. The van der Waals surface area contributed by atoms with Crippen molar-refractivity contribution < 1.29 is 9.47 Å². The highest BCUT2D eigenvalue weighted by atomic mass is 79.9. The van der Waals surface area contributed by atoms with Crippen molar-refractivity contribution in [2.45, 2.75) is 19.5 Å². The second-order valence-electron chi connectivity index (χ2n) is 4.65. The van der Waals surface area contributed by atoms with Gasteiger partial charge in [-0.3, -0.25) is 4.98 Å². The third-order valence-electron chi connectivity index (χ3n) is 3.31. The van der Waals surface area contributed by atoms with E-state index >= 15 is 0 Å². The maximum absolute atomic E-state index is 5.39. The van der Waals surface area contributed by atoms with E-state index in [9.17, 15) is 0 Å². The first-order chi connectivity index (χ1) is 10.2. The Morgan fingerprint density at radius 1 is 1.14 bits per heavy atom. The van der Waals surface area contributed by atoms with E-state index in [1.807, 2.05) is 12.1 Å². The second kappa shape index (κ2) is 7.43. The first kappa shape index (κ1) is 15.8. The summed E-state index contributed by atoms with van der Waals surface area (Å²) in [7, 11) is 3.25. The molecule has 1 heterocycles. The molecule has 0 bridgehead atoms. The molecule has 0 spiro atoms. The van der Waals surface area contributed by atoms with Gasteiger partial charge in [-0.25, -0.2) is 0 Å². The first-order valence-electron chi connectivity index (χ1n) is 6.70. The van der Waals surface area contributed by atoms with Gasteiger partial charge < -0.3 is 14.8 Å². The molecular weight excluding hydrogens is 332 g/mol. The molecule has 5 heteroatoms. The van der Waals surface area contributed by atoms with E-state index in [0.29, 0.717) is 18.0 Å². The normalized spacial score (nSPS) is 12.0. The average molecular weight is 351 g/mol. The highest BCUT2D eigenvalue weighted by molar-refractivity contribution is 9.10. The van der Waals surface area contributed by atoms with E-state index in [1.165, 1.54) is 5.56 Å². The Hall–Kier alpha value is -1.59. The summed E-state index contributed by atoms with van der Waals surface area (Å²) >= 11 is 3.44. The number of halogens is 1. The number of rotatable bonds is 6. The van der Waals surface area contributed by atoms with Gasteiger partial charge in [-0.15, -0.1) is 0 Å². The summed E-state index contributed by atoms with van der Waals surface area (Å²) in [5.74, 6) is 1.37. The molecule has 0 fully saturated rings. The van der Waals surface area contributed by atoms with Gasteiger partial charge in [0.15, 0.2) is 11.5 Å². The largest absolute Gasteiger partial charge is 0.493 e. The molecular formula is C16H19BrN2O2. The molecule has 0 radical (unpaired) electrons. The molecule has 0 aliphatic carbocycles. The Morgan fingerprint density at radius 2 is 1.86 bits per heavy atom. The summed E-state index contributed by atoms with van der Waals surface area (Å²) < 4.78 is 11.7. The maximum atomic E-state index is 5.39. The quantitative estimate of drug-likeness (QED) is 0.862. The van der Waals surface area contributed by atoms with E-state index in [-0.39, 0.29) is 6.04 Å². The van der Waals surface area contributed by atoms with Crippen LogP contribution in [0.1, 0.15) is 24.2 Å². The van der Waals surface area contributed by atoms with Crippen LogP contribution in [0.25, 0.3) is 0 Å². The summed E-state index contributed by atoms with van der Waals surface area (Å²) in [6.07, 6.45) is 1.72. The molecule has 1 N–H and O–H groups in total. The molecule has 21 heavy (non-hydrogen) atoms. The maximum Gasteiger partial charge on any atom is 0.183 e. The number of hydrogen-bond donors (Lipinski definition) is 1. The van der Waals surface area contributed by atoms with E-state index in [2.05, 4.69) is 45.3 Å². The molecule has 0 unspecified atom stereocenters. The Bertz CT molecular complexity index is 587. The van der Waals surface area contributed by atoms with Crippen molar-refractivity contribution in [3.05, 3.63) is 52.3 Å². The Balaban J connectivity index is 2.07. The van der Waals surface area contributed by atoms with Crippen LogP contribution in [0, 0.1) is 0 Å². The molecule has 112 valence electrons. The standard InChI is InChI=1S/C16H19BrN2O2/c1-11(12-4-6-13(17)7-5-12)19-10-14-16(21-3)15(20-2)8-9-18-14/h4-9,11,19H,10H2,1-3H3/t11-/m1/s1. The number of hydrogen-bond acceptors (Lipinski definition) is 4. The van der Waals surface area contributed by atoms with Crippen LogP contribution in [-0.2, 0) is 6.54 Å². The number of nitrogens with one attached hydrogen (secondary N) is 1. The van der Waals surface area contributed by atoms with Crippen LogP contribution in [0.5, 0.6) is 11.5 Å². The highest BCUT2D eigenvalue weighted by Crippen LogP contribution is 2.29. The van der Waals surface area contributed by atoms with E-state index in [4.69, 9.17) is 9.47 Å². The van der Waals surface area contributed by atoms with Crippen molar-refractivity contribution in [2.75, 3.05) is 14.2 Å². The van der Waals surface area contributed by atoms with Gasteiger partial charge in [0.25, 0.3) is 0 Å². The van der Waals surface area contributed by atoms with E-state index in [1.54, 1.807) is 26.5 Å². The number of nitrogens with zero attached hydrogens (tertiary/aromatic N) is 1. The van der Waals surface area contributed by atoms with Gasteiger partial charge in [0, 0.05) is 29.3 Å².